The first kappa shape index (κ1) is 12.2. The monoisotopic (exact) mass is 249 g/mol. The van der Waals surface area contributed by atoms with Crippen molar-refractivity contribution in [2.75, 3.05) is 5.88 Å². The van der Waals surface area contributed by atoms with Crippen LogP contribution in [-0.2, 0) is 6.42 Å². The average molecular weight is 250 g/mol. The van der Waals surface area contributed by atoms with Crippen LogP contribution < -0.4 is 0 Å². The maximum atomic E-state index is 5.74. The highest BCUT2D eigenvalue weighted by Crippen LogP contribution is 2.26. The number of aryl methyl sites for hydroxylation is 2. The first-order valence-electron chi connectivity index (χ1n) is 5.79. The third kappa shape index (κ3) is 2.70. The van der Waals surface area contributed by atoms with Gasteiger partial charge in [-0.2, -0.15) is 0 Å². The van der Waals surface area contributed by atoms with Crippen molar-refractivity contribution < 1.29 is 4.42 Å². The molecule has 0 amide bonds. The molecule has 2 nitrogen and oxygen atoms in total. The Morgan fingerprint density at radius 1 is 1.29 bits per heavy atom. The van der Waals surface area contributed by atoms with E-state index < -0.39 is 0 Å². The topological polar surface area (TPSA) is 26.0 Å². The summed E-state index contributed by atoms with van der Waals surface area (Å²) in [6.45, 7) is 4.20. The highest BCUT2D eigenvalue weighted by Gasteiger charge is 2.09. The number of halogens is 1. The van der Waals surface area contributed by atoms with Gasteiger partial charge in [-0.3, -0.25) is 0 Å². The van der Waals surface area contributed by atoms with Crippen molar-refractivity contribution in [2.45, 2.75) is 26.7 Å². The Labute approximate surface area is 107 Å². The molecule has 0 spiro atoms. The van der Waals surface area contributed by atoms with Gasteiger partial charge in [0.2, 0.25) is 0 Å². The van der Waals surface area contributed by atoms with Gasteiger partial charge >= 0.3 is 0 Å². The molecule has 0 unspecified atom stereocenters. The van der Waals surface area contributed by atoms with Crippen LogP contribution in [0, 0.1) is 13.8 Å². The fourth-order valence-electron chi connectivity index (χ4n) is 1.79. The van der Waals surface area contributed by atoms with Gasteiger partial charge in [0.05, 0.1) is 6.20 Å². The molecular weight excluding hydrogens is 234 g/mol. The van der Waals surface area contributed by atoms with Gasteiger partial charge in [0.1, 0.15) is 0 Å². The van der Waals surface area contributed by atoms with Crippen LogP contribution in [0.2, 0.25) is 0 Å². The molecule has 1 aromatic heterocycles. The van der Waals surface area contributed by atoms with Crippen molar-refractivity contribution >= 4 is 11.6 Å². The molecule has 2 rings (SSSR count). The lowest BCUT2D eigenvalue weighted by Gasteiger charge is -2.04. The Morgan fingerprint density at radius 3 is 2.88 bits per heavy atom. The number of rotatable bonds is 4. The Bertz CT molecular complexity index is 505. The van der Waals surface area contributed by atoms with Crippen molar-refractivity contribution in [1.29, 1.82) is 0 Å². The molecule has 0 radical (unpaired) electrons. The number of hydrogen-bond acceptors (Lipinski definition) is 2. The van der Waals surface area contributed by atoms with Crippen LogP contribution in [0.5, 0.6) is 0 Å². The maximum Gasteiger partial charge on any atom is 0.194 e. The zero-order valence-electron chi connectivity index (χ0n) is 10.2. The lowest BCUT2D eigenvalue weighted by molar-refractivity contribution is 0.503. The zero-order valence-corrected chi connectivity index (χ0v) is 10.9. The molecule has 2 aromatic rings. The van der Waals surface area contributed by atoms with E-state index in [2.05, 4.69) is 31.0 Å². The van der Waals surface area contributed by atoms with E-state index in [0.29, 0.717) is 5.88 Å². The van der Waals surface area contributed by atoms with Gasteiger partial charge < -0.3 is 4.42 Å². The van der Waals surface area contributed by atoms with E-state index in [0.717, 1.165) is 30.1 Å². The van der Waals surface area contributed by atoms with Crippen molar-refractivity contribution in [3.05, 3.63) is 41.4 Å². The molecule has 1 aromatic carbocycles. The van der Waals surface area contributed by atoms with Crippen molar-refractivity contribution in [3.8, 4) is 11.3 Å². The van der Waals surface area contributed by atoms with Gasteiger partial charge in [0.25, 0.3) is 0 Å². The maximum absolute atomic E-state index is 5.74. The van der Waals surface area contributed by atoms with Crippen LogP contribution in [0.15, 0.2) is 28.8 Å². The molecule has 0 saturated heterocycles. The van der Waals surface area contributed by atoms with E-state index >= 15 is 0 Å². The molecule has 0 N–H and O–H groups in total. The van der Waals surface area contributed by atoms with Crippen LogP contribution in [0.3, 0.4) is 0 Å². The smallest absolute Gasteiger partial charge is 0.194 e. The number of nitrogens with zero attached hydrogens (tertiary/aromatic N) is 1. The third-order valence-corrected chi connectivity index (χ3v) is 3.22. The molecule has 0 atom stereocenters. The number of hydrogen-bond donors (Lipinski definition) is 0. The minimum Gasteiger partial charge on any atom is -0.441 e. The molecule has 90 valence electrons. The van der Waals surface area contributed by atoms with Crippen LogP contribution in [0.1, 0.15) is 23.4 Å². The fourth-order valence-corrected chi connectivity index (χ4v) is 1.92. The highest BCUT2D eigenvalue weighted by molar-refractivity contribution is 6.17. The molecule has 1 heterocycles. The first-order chi connectivity index (χ1) is 8.22. The van der Waals surface area contributed by atoms with Gasteiger partial charge in [-0.25, -0.2) is 4.98 Å². The molecule has 0 aliphatic rings. The highest BCUT2D eigenvalue weighted by atomic mass is 35.5. The summed E-state index contributed by atoms with van der Waals surface area (Å²) < 4.78 is 5.74. The normalized spacial score (nSPS) is 10.8. The van der Waals surface area contributed by atoms with E-state index in [-0.39, 0.29) is 0 Å². The molecule has 3 heteroatoms. The Kier molecular flexibility index (Phi) is 3.85. The number of aromatic nitrogens is 1. The number of oxazole rings is 1. The summed E-state index contributed by atoms with van der Waals surface area (Å²) in [4.78, 5) is 4.28. The summed E-state index contributed by atoms with van der Waals surface area (Å²) in [5.41, 5.74) is 3.63. The molecule has 0 aliphatic heterocycles. The molecule has 17 heavy (non-hydrogen) atoms. The minimum absolute atomic E-state index is 0.640. The van der Waals surface area contributed by atoms with E-state index in [1.54, 1.807) is 6.20 Å². The molecule has 0 bridgehead atoms. The van der Waals surface area contributed by atoms with Gasteiger partial charge in [-0.05, 0) is 31.4 Å². The van der Waals surface area contributed by atoms with Crippen LogP contribution in [0.4, 0.5) is 0 Å². The average Bonchev–Trinajstić information content (AvgIpc) is 2.78. The number of benzene rings is 1. The van der Waals surface area contributed by atoms with E-state index in [1.807, 2.05) is 6.07 Å². The SMILES string of the molecule is Cc1cccc(-c2cnc(CCCCl)o2)c1C. The summed E-state index contributed by atoms with van der Waals surface area (Å²) in [6.07, 6.45) is 3.49. The molecule has 0 saturated carbocycles. The lowest BCUT2D eigenvalue weighted by atomic mass is 10.0. The summed E-state index contributed by atoms with van der Waals surface area (Å²) in [7, 11) is 0. The lowest BCUT2D eigenvalue weighted by Crippen LogP contribution is -1.86. The van der Waals surface area contributed by atoms with Gasteiger partial charge in [-0.15, -0.1) is 11.6 Å². The van der Waals surface area contributed by atoms with Gasteiger partial charge in [0.15, 0.2) is 11.7 Å². The fraction of sp³-hybridized carbons (Fsp3) is 0.357. The summed E-state index contributed by atoms with van der Waals surface area (Å²) in [5, 5.41) is 0. The van der Waals surface area contributed by atoms with E-state index in [4.69, 9.17) is 16.0 Å². The van der Waals surface area contributed by atoms with Crippen molar-refractivity contribution in [1.82, 2.24) is 4.98 Å². The largest absolute Gasteiger partial charge is 0.441 e. The second kappa shape index (κ2) is 5.37. The molecule has 0 fully saturated rings. The van der Waals surface area contributed by atoms with E-state index in [9.17, 15) is 0 Å². The Hall–Kier alpha value is -1.28. The quantitative estimate of drug-likeness (QED) is 0.762. The van der Waals surface area contributed by atoms with E-state index in [1.165, 1.54) is 11.1 Å². The zero-order chi connectivity index (χ0) is 12.3. The van der Waals surface area contributed by atoms with Gasteiger partial charge in [-0.1, -0.05) is 18.2 Å². The predicted molar refractivity (Wildman–Crippen MR) is 70.5 cm³/mol. The van der Waals surface area contributed by atoms with Crippen LogP contribution in [0.25, 0.3) is 11.3 Å². The first-order valence-corrected chi connectivity index (χ1v) is 6.33. The number of alkyl halides is 1. The molecule has 0 aliphatic carbocycles. The summed E-state index contributed by atoms with van der Waals surface area (Å²) in [5.74, 6) is 2.25. The Balaban J connectivity index is 2.27. The van der Waals surface area contributed by atoms with Crippen molar-refractivity contribution in [2.24, 2.45) is 0 Å². The predicted octanol–water partition coefficient (Wildman–Crippen LogP) is 4.13. The summed E-state index contributed by atoms with van der Waals surface area (Å²) >= 11 is 5.65. The van der Waals surface area contributed by atoms with Crippen LogP contribution >= 0.6 is 11.6 Å². The minimum atomic E-state index is 0.640. The van der Waals surface area contributed by atoms with Crippen LogP contribution in [-0.4, -0.2) is 10.9 Å². The molecular formula is C14H16ClNO. The standard InChI is InChI=1S/C14H16ClNO/c1-10-5-3-6-12(11(10)2)13-9-16-14(17-13)7-4-8-15/h3,5-6,9H,4,7-8H2,1-2H3. The Morgan fingerprint density at radius 2 is 2.12 bits per heavy atom. The van der Waals surface area contributed by atoms with Crippen molar-refractivity contribution in [3.63, 3.8) is 0 Å². The second-order valence-electron chi connectivity index (χ2n) is 4.16. The van der Waals surface area contributed by atoms with Gasteiger partial charge in [0, 0.05) is 17.9 Å². The summed E-state index contributed by atoms with van der Waals surface area (Å²) in [6, 6.07) is 6.20. The third-order valence-electron chi connectivity index (χ3n) is 2.95. The second-order valence-corrected chi connectivity index (χ2v) is 4.54.